The Morgan fingerprint density at radius 1 is 0.794 bits per heavy atom. The molecule has 0 bridgehead atoms. The van der Waals surface area contributed by atoms with Crippen molar-refractivity contribution in [3.63, 3.8) is 0 Å². The van der Waals surface area contributed by atoms with Crippen LogP contribution in [-0.4, -0.2) is 126 Å². The number of imide groups is 2. The summed E-state index contributed by atoms with van der Waals surface area (Å²) in [5.74, 6) is 0.0242. The topological polar surface area (TPSA) is 214 Å². The Kier molecular flexibility index (Phi) is 13.8. The van der Waals surface area contributed by atoms with E-state index in [2.05, 4.69) is 10.6 Å². The van der Waals surface area contributed by atoms with Crippen molar-refractivity contribution in [2.45, 2.75) is 49.1 Å². The van der Waals surface area contributed by atoms with Crippen LogP contribution in [0.5, 0.6) is 11.5 Å². The fourth-order valence-corrected chi connectivity index (χ4v) is 9.46. The minimum atomic E-state index is -1.01. The highest BCUT2D eigenvalue weighted by molar-refractivity contribution is 7.99. The van der Waals surface area contributed by atoms with Gasteiger partial charge in [-0.1, -0.05) is 24.3 Å². The third-order valence-corrected chi connectivity index (χ3v) is 12.7. The molecule has 63 heavy (non-hydrogen) atoms. The van der Waals surface area contributed by atoms with Crippen molar-refractivity contribution in [2.24, 2.45) is 11.7 Å². The quantitative estimate of drug-likeness (QED) is 0.0725. The Labute approximate surface area is 367 Å². The van der Waals surface area contributed by atoms with Gasteiger partial charge in [-0.15, -0.1) is 11.8 Å². The van der Waals surface area contributed by atoms with Crippen LogP contribution in [0.1, 0.15) is 69.2 Å². The van der Waals surface area contributed by atoms with Crippen molar-refractivity contribution in [3.8, 4) is 22.8 Å². The van der Waals surface area contributed by atoms with Gasteiger partial charge in [0.25, 0.3) is 17.7 Å². The zero-order chi connectivity index (χ0) is 43.9. The van der Waals surface area contributed by atoms with Crippen molar-refractivity contribution >= 4 is 53.0 Å². The molecule has 0 aliphatic carbocycles. The van der Waals surface area contributed by atoms with Crippen LogP contribution < -0.4 is 21.1 Å². The molecule has 0 saturated carbocycles. The Morgan fingerprint density at radius 3 is 2.24 bits per heavy atom. The summed E-state index contributed by atoms with van der Waals surface area (Å²) in [7, 11) is 0. The highest BCUT2D eigenvalue weighted by Gasteiger charge is 2.45. The molecule has 4 aliphatic heterocycles. The van der Waals surface area contributed by atoms with Gasteiger partial charge in [-0.05, 0) is 80.1 Å². The first-order valence-corrected chi connectivity index (χ1v) is 22.1. The lowest BCUT2D eigenvalue weighted by molar-refractivity contribution is -0.138. The van der Waals surface area contributed by atoms with E-state index in [1.807, 2.05) is 64.2 Å². The second-order valence-corrected chi connectivity index (χ2v) is 16.7. The van der Waals surface area contributed by atoms with Crippen molar-refractivity contribution in [1.82, 2.24) is 24.9 Å². The lowest BCUT2D eigenvalue weighted by Gasteiger charge is -2.38. The molecule has 17 nitrogen and oxygen atoms in total. The number of carbonyl (C=O) groups excluding carboxylic acids is 6. The molecule has 6 amide bonds. The largest absolute Gasteiger partial charge is 0.457 e. The van der Waals surface area contributed by atoms with Crippen LogP contribution in [0.25, 0.3) is 11.3 Å². The zero-order valence-electron chi connectivity index (χ0n) is 34.6. The zero-order valence-corrected chi connectivity index (χ0v) is 35.4. The van der Waals surface area contributed by atoms with Crippen LogP contribution in [0, 0.1) is 5.92 Å². The number of nitrogens with zero attached hydrogens (tertiary/aromatic N) is 4. The molecular formula is C45H49N7O10S. The molecule has 4 aromatic rings. The molecule has 2 saturated heterocycles. The van der Waals surface area contributed by atoms with E-state index in [0.717, 1.165) is 35.5 Å². The summed E-state index contributed by atoms with van der Waals surface area (Å²) in [5.41, 5.74) is 8.08. The molecule has 8 rings (SSSR count). The number of anilines is 1. The van der Waals surface area contributed by atoms with E-state index in [1.54, 1.807) is 18.2 Å². The van der Waals surface area contributed by atoms with Crippen molar-refractivity contribution in [3.05, 3.63) is 89.5 Å². The maximum Gasteiger partial charge on any atom is 0.263 e. The molecule has 1 aromatic heterocycles. The minimum Gasteiger partial charge on any atom is -0.457 e. The van der Waals surface area contributed by atoms with Crippen molar-refractivity contribution in [2.75, 3.05) is 70.3 Å². The number of hydrogen-bond donors (Lipinski definition) is 3. The van der Waals surface area contributed by atoms with Gasteiger partial charge < -0.3 is 34.9 Å². The maximum absolute atomic E-state index is 13.3. The molecule has 2 unspecified atom stereocenters. The number of nitrogens with one attached hydrogen (secondary N) is 2. The first-order valence-electron chi connectivity index (χ1n) is 21.2. The lowest BCUT2D eigenvalue weighted by Crippen LogP contribution is -2.54. The van der Waals surface area contributed by atoms with Gasteiger partial charge in [0, 0.05) is 42.3 Å². The smallest absolute Gasteiger partial charge is 0.263 e. The number of ether oxygens (including phenoxy) is 4. The summed E-state index contributed by atoms with van der Waals surface area (Å²) >= 11 is 1.38. The van der Waals surface area contributed by atoms with Gasteiger partial charge in [0.15, 0.2) is 0 Å². The van der Waals surface area contributed by atoms with Gasteiger partial charge in [0.05, 0.1) is 50.2 Å². The van der Waals surface area contributed by atoms with Crippen LogP contribution in [0.3, 0.4) is 0 Å². The number of thioether (sulfide) groups is 1. The number of primary amides is 1. The molecule has 3 aromatic carbocycles. The molecule has 2 atom stereocenters. The third kappa shape index (κ3) is 9.78. The molecular weight excluding hydrogens is 831 g/mol. The van der Waals surface area contributed by atoms with Gasteiger partial charge in [0.2, 0.25) is 17.7 Å². The monoisotopic (exact) mass is 879 g/mol. The summed E-state index contributed by atoms with van der Waals surface area (Å²) < 4.78 is 24.8. The predicted molar refractivity (Wildman–Crippen MR) is 230 cm³/mol. The van der Waals surface area contributed by atoms with Crippen molar-refractivity contribution < 1.29 is 47.7 Å². The maximum atomic E-state index is 13.3. The average molecular weight is 880 g/mol. The van der Waals surface area contributed by atoms with Gasteiger partial charge in [-0.25, -0.2) is 4.68 Å². The fourth-order valence-electron chi connectivity index (χ4n) is 8.52. The first-order chi connectivity index (χ1) is 30.7. The van der Waals surface area contributed by atoms with E-state index < -0.39 is 35.6 Å². The van der Waals surface area contributed by atoms with Gasteiger partial charge in [-0.3, -0.25) is 39.0 Å². The predicted octanol–water partition coefficient (Wildman–Crippen LogP) is 4.28. The van der Waals surface area contributed by atoms with Gasteiger partial charge >= 0.3 is 0 Å². The van der Waals surface area contributed by atoms with E-state index in [1.165, 1.54) is 11.8 Å². The molecule has 5 heterocycles. The second kappa shape index (κ2) is 20.0. The van der Waals surface area contributed by atoms with Crippen LogP contribution >= 0.6 is 11.8 Å². The number of amides is 6. The Morgan fingerprint density at radius 2 is 1.51 bits per heavy atom. The van der Waals surface area contributed by atoms with E-state index in [-0.39, 0.29) is 55.0 Å². The number of piperidine rings is 2. The normalized spacial score (nSPS) is 18.8. The number of fused-ring (bicyclic) bond motifs is 2. The van der Waals surface area contributed by atoms with Crippen LogP contribution in [-0.2, 0) is 28.6 Å². The molecule has 18 heteroatoms. The van der Waals surface area contributed by atoms with E-state index >= 15 is 0 Å². The number of likely N-dealkylation sites (tertiary alicyclic amines) is 1. The number of hydrogen-bond acceptors (Lipinski definition) is 13. The number of para-hydroxylation sites is 1. The molecule has 4 N–H and O–H groups in total. The number of aromatic nitrogens is 2. The number of nitrogens with two attached hydrogens (primary N) is 1. The van der Waals surface area contributed by atoms with Crippen LogP contribution in [0.4, 0.5) is 5.82 Å². The number of rotatable bonds is 18. The van der Waals surface area contributed by atoms with Gasteiger partial charge in [0.1, 0.15) is 41.2 Å². The van der Waals surface area contributed by atoms with Gasteiger partial charge in [-0.2, -0.15) is 5.10 Å². The number of carbonyl (C=O) groups is 6. The third-order valence-electron chi connectivity index (χ3n) is 11.6. The summed E-state index contributed by atoms with van der Waals surface area (Å²) in [6.07, 6.45) is 2.57. The molecule has 0 radical (unpaired) electrons. The standard InChI is InChI=1S/C45H49N7O10S/c46-41(55)39-40(29-9-11-31(12-10-29)62-30-5-2-1-3-6-30)49-52-33(15-18-47-42(39)52)28-16-19-50(20-17-28)37(54)27-61-24-23-59-21-22-60-25-26-63-35-8-4-7-32-38(35)45(58)51(44(32)57)34-13-14-36(53)48-43(34)56/h1-12,28,33-34,47H,13-27H2,(H2,46,55)(H,48,53,56). The first kappa shape index (κ1) is 43.6. The summed E-state index contributed by atoms with van der Waals surface area (Å²) in [4.78, 5) is 79.5. The highest BCUT2D eigenvalue weighted by Crippen LogP contribution is 2.40. The molecule has 2 fully saturated rings. The second-order valence-electron chi connectivity index (χ2n) is 15.6. The highest BCUT2D eigenvalue weighted by atomic mass is 32.2. The summed E-state index contributed by atoms with van der Waals surface area (Å²) in [5, 5.41) is 10.5. The van der Waals surface area contributed by atoms with Crippen LogP contribution in [0.2, 0.25) is 0 Å². The molecule has 0 spiro atoms. The van der Waals surface area contributed by atoms with E-state index in [9.17, 15) is 28.8 Å². The summed E-state index contributed by atoms with van der Waals surface area (Å²) in [6.45, 7) is 3.42. The SMILES string of the molecule is NC(=O)c1c(-c2ccc(Oc3ccccc3)cc2)nn2c1NCCC2C1CCN(C(=O)COCCOCCOCCSc2cccc3c2C(=O)N(C2CCC(=O)NC2=O)C3=O)CC1. The van der Waals surface area contributed by atoms with Crippen LogP contribution in [0.15, 0.2) is 77.7 Å². The Balaban J connectivity index is 0.719. The fraction of sp³-hybridized carbons (Fsp3) is 0.400. The average Bonchev–Trinajstić information content (AvgIpc) is 3.81. The lowest BCUT2D eigenvalue weighted by atomic mass is 9.87. The minimum absolute atomic E-state index is 0.0402. The Bertz CT molecular complexity index is 2350. The molecule has 330 valence electrons. The molecule has 4 aliphatic rings. The number of benzene rings is 3. The summed E-state index contributed by atoms with van der Waals surface area (Å²) in [6, 6.07) is 21.0. The van der Waals surface area contributed by atoms with Crippen molar-refractivity contribution in [1.29, 1.82) is 0 Å². The van der Waals surface area contributed by atoms with E-state index in [4.69, 9.17) is 29.8 Å². The van der Waals surface area contributed by atoms with E-state index in [0.29, 0.717) is 79.5 Å². The Hall–Kier alpha value is -6.08.